The summed E-state index contributed by atoms with van der Waals surface area (Å²) in [6.45, 7) is 4.65. The molecule has 3 aromatic rings. The van der Waals surface area contributed by atoms with E-state index in [0.29, 0.717) is 42.4 Å². The van der Waals surface area contributed by atoms with Gasteiger partial charge in [0.25, 0.3) is 0 Å². The third-order valence-corrected chi connectivity index (χ3v) is 4.85. The largest absolute Gasteiger partial charge is 0.382 e. The lowest BCUT2D eigenvalue weighted by Crippen LogP contribution is -2.23. The first-order valence-electron chi connectivity index (χ1n) is 10.0. The monoisotopic (exact) mass is 401 g/mol. The lowest BCUT2D eigenvalue weighted by molar-refractivity contribution is 0.776. The second-order valence-electron chi connectivity index (χ2n) is 7.12. The van der Waals surface area contributed by atoms with Crippen LogP contribution in [-0.2, 0) is 12.8 Å². The van der Waals surface area contributed by atoms with Gasteiger partial charge in [-0.1, -0.05) is 36.8 Å². The van der Waals surface area contributed by atoms with Gasteiger partial charge in [-0.15, -0.1) is 0 Å². The van der Waals surface area contributed by atoms with E-state index in [-0.39, 0.29) is 0 Å². The van der Waals surface area contributed by atoms with Crippen LogP contribution in [0.1, 0.15) is 35.7 Å². The number of aromatic nitrogens is 2. The summed E-state index contributed by atoms with van der Waals surface area (Å²) >= 11 is 0. The van der Waals surface area contributed by atoms with Gasteiger partial charge in [-0.2, -0.15) is 10.4 Å². The molecule has 2 aromatic carbocycles. The van der Waals surface area contributed by atoms with Gasteiger partial charge in [-0.3, -0.25) is 4.99 Å². The van der Waals surface area contributed by atoms with E-state index in [4.69, 9.17) is 11.5 Å². The number of nitrogen functional groups attached to an aromatic ring is 1. The zero-order chi connectivity index (χ0) is 21.5. The summed E-state index contributed by atoms with van der Waals surface area (Å²) in [7, 11) is 0. The summed E-state index contributed by atoms with van der Waals surface area (Å²) in [4.78, 5) is 4.38. The standard InChI is InChI=1S/C23H27N7/c1-3-17-6-4-7-18(14-17)28-23(26)27-13-5-8-21-20(15-24)22(25)30(29-21)19-11-9-16(2)10-12-19/h4,6-7,9-12,14H,3,5,8,13,25H2,1-2H3,(H3,26,27,28). The number of nitrogens with one attached hydrogen (secondary N) is 1. The van der Waals surface area contributed by atoms with Gasteiger partial charge in [-0.05, 0) is 56.0 Å². The Labute approximate surface area is 177 Å². The average molecular weight is 402 g/mol. The molecule has 154 valence electrons. The van der Waals surface area contributed by atoms with Crippen molar-refractivity contribution in [1.29, 1.82) is 5.26 Å². The van der Waals surface area contributed by atoms with Gasteiger partial charge in [0.05, 0.1) is 11.4 Å². The van der Waals surface area contributed by atoms with E-state index >= 15 is 0 Å². The minimum atomic E-state index is 0.358. The molecule has 0 aliphatic carbocycles. The van der Waals surface area contributed by atoms with Crippen molar-refractivity contribution in [2.75, 3.05) is 17.6 Å². The highest BCUT2D eigenvalue weighted by molar-refractivity contribution is 5.92. The molecule has 5 N–H and O–H groups in total. The molecule has 0 saturated heterocycles. The first kappa shape index (κ1) is 20.9. The van der Waals surface area contributed by atoms with E-state index in [2.05, 4.69) is 40.5 Å². The Morgan fingerprint density at radius 3 is 2.70 bits per heavy atom. The number of nitrogens with two attached hydrogens (primary N) is 2. The SMILES string of the molecule is CCc1cccc(NC(N)=NCCCc2nn(-c3ccc(C)cc3)c(N)c2C#N)c1. The number of hydrogen-bond acceptors (Lipinski definition) is 4. The number of guanidine groups is 1. The molecule has 0 aliphatic heterocycles. The lowest BCUT2D eigenvalue weighted by atomic mass is 10.1. The molecule has 0 unspecified atom stereocenters. The summed E-state index contributed by atoms with van der Waals surface area (Å²) < 4.78 is 1.62. The minimum Gasteiger partial charge on any atom is -0.382 e. The van der Waals surface area contributed by atoms with E-state index in [0.717, 1.165) is 23.4 Å². The fourth-order valence-corrected chi connectivity index (χ4v) is 3.16. The molecule has 1 aromatic heterocycles. The average Bonchev–Trinajstić information content (AvgIpc) is 3.07. The predicted octanol–water partition coefficient (Wildman–Crippen LogP) is 3.56. The Morgan fingerprint density at radius 1 is 1.23 bits per heavy atom. The number of nitriles is 1. The topological polar surface area (TPSA) is 118 Å². The van der Waals surface area contributed by atoms with Gasteiger partial charge in [0.2, 0.25) is 0 Å². The van der Waals surface area contributed by atoms with Crippen LogP contribution in [0, 0.1) is 18.3 Å². The first-order valence-corrected chi connectivity index (χ1v) is 10.0. The van der Waals surface area contributed by atoms with Crippen molar-refractivity contribution >= 4 is 17.5 Å². The maximum Gasteiger partial charge on any atom is 0.193 e. The smallest absolute Gasteiger partial charge is 0.193 e. The van der Waals surface area contributed by atoms with E-state index in [9.17, 15) is 5.26 Å². The highest BCUT2D eigenvalue weighted by atomic mass is 15.3. The molecule has 7 nitrogen and oxygen atoms in total. The Balaban J connectivity index is 1.63. The van der Waals surface area contributed by atoms with Crippen LogP contribution in [-0.4, -0.2) is 22.3 Å². The zero-order valence-electron chi connectivity index (χ0n) is 17.4. The molecule has 7 heteroatoms. The molecule has 0 fully saturated rings. The number of aryl methyl sites for hydroxylation is 3. The number of benzene rings is 2. The molecule has 0 saturated carbocycles. The van der Waals surface area contributed by atoms with Gasteiger partial charge in [0, 0.05) is 12.2 Å². The number of aliphatic imine (C=N–C) groups is 1. The number of nitrogens with zero attached hydrogens (tertiary/aromatic N) is 4. The molecule has 0 radical (unpaired) electrons. The Bertz CT molecular complexity index is 1070. The lowest BCUT2D eigenvalue weighted by Gasteiger charge is -2.07. The van der Waals surface area contributed by atoms with Crippen molar-refractivity contribution in [1.82, 2.24) is 9.78 Å². The van der Waals surface area contributed by atoms with E-state index in [1.807, 2.05) is 43.3 Å². The van der Waals surface area contributed by atoms with Crippen LogP contribution in [0.25, 0.3) is 5.69 Å². The number of rotatable bonds is 7. The normalized spacial score (nSPS) is 11.3. The summed E-state index contributed by atoms with van der Waals surface area (Å²) in [6.07, 6.45) is 2.26. The molecule has 0 amide bonds. The van der Waals surface area contributed by atoms with Crippen LogP contribution in [0.3, 0.4) is 0 Å². The van der Waals surface area contributed by atoms with Crippen LogP contribution in [0.4, 0.5) is 11.5 Å². The van der Waals surface area contributed by atoms with Crippen molar-refractivity contribution < 1.29 is 0 Å². The van der Waals surface area contributed by atoms with Crippen molar-refractivity contribution in [2.45, 2.75) is 33.1 Å². The molecular formula is C23H27N7. The van der Waals surface area contributed by atoms with Gasteiger partial charge < -0.3 is 16.8 Å². The van der Waals surface area contributed by atoms with Gasteiger partial charge in [-0.25, -0.2) is 4.68 Å². The highest BCUT2D eigenvalue weighted by Gasteiger charge is 2.16. The second-order valence-corrected chi connectivity index (χ2v) is 7.12. The Kier molecular flexibility index (Phi) is 6.71. The molecule has 0 bridgehead atoms. The maximum absolute atomic E-state index is 9.51. The number of hydrogen-bond donors (Lipinski definition) is 3. The number of anilines is 2. The minimum absolute atomic E-state index is 0.358. The fourth-order valence-electron chi connectivity index (χ4n) is 3.16. The van der Waals surface area contributed by atoms with Crippen molar-refractivity contribution in [3.63, 3.8) is 0 Å². The van der Waals surface area contributed by atoms with Crippen LogP contribution in [0.2, 0.25) is 0 Å². The molecule has 3 rings (SSSR count). The highest BCUT2D eigenvalue weighted by Crippen LogP contribution is 2.22. The second kappa shape index (κ2) is 9.61. The van der Waals surface area contributed by atoms with Crippen molar-refractivity contribution in [3.8, 4) is 11.8 Å². The van der Waals surface area contributed by atoms with Gasteiger partial charge in [0.1, 0.15) is 17.5 Å². The van der Waals surface area contributed by atoms with Gasteiger partial charge in [0.15, 0.2) is 5.96 Å². The third-order valence-electron chi connectivity index (χ3n) is 4.85. The molecule has 0 atom stereocenters. The Hall–Kier alpha value is -3.79. The fraction of sp³-hybridized carbons (Fsp3) is 0.261. The van der Waals surface area contributed by atoms with E-state index in [1.165, 1.54) is 5.56 Å². The van der Waals surface area contributed by atoms with Crippen LogP contribution >= 0.6 is 0 Å². The maximum atomic E-state index is 9.51. The summed E-state index contributed by atoms with van der Waals surface area (Å²) in [5.41, 5.74) is 17.4. The quantitative estimate of drug-likeness (QED) is 0.318. The third kappa shape index (κ3) is 4.97. The molecule has 0 aliphatic rings. The molecule has 0 spiro atoms. The van der Waals surface area contributed by atoms with Crippen LogP contribution < -0.4 is 16.8 Å². The van der Waals surface area contributed by atoms with Crippen LogP contribution in [0.15, 0.2) is 53.5 Å². The van der Waals surface area contributed by atoms with Gasteiger partial charge >= 0.3 is 0 Å². The predicted molar refractivity (Wildman–Crippen MR) is 122 cm³/mol. The first-order chi connectivity index (χ1) is 14.5. The summed E-state index contributed by atoms with van der Waals surface area (Å²) in [5, 5.41) is 17.2. The summed E-state index contributed by atoms with van der Waals surface area (Å²) in [6, 6.07) is 18.1. The molecular weight excluding hydrogens is 374 g/mol. The van der Waals surface area contributed by atoms with Crippen molar-refractivity contribution in [3.05, 3.63) is 70.9 Å². The summed E-state index contributed by atoms with van der Waals surface area (Å²) in [5.74, 6) is 0.727. The molecule has 1 heterocycles. The zero-order valence-corrected chi connectivity index (χ0v) is 17.4. The van der Waals surface area contributed by atoms with Crippen molar-refractivity contribution in [2.24, 2.45) is 10.7 Å². The molecule has 30 heavy (non-hydrogen) atoms. The van der Waals surface area contributed by atoms with E-state index in [1.54, 1.807) is 4.68 Å². The Morgan fingerprint density at radius 2 is 2.00 bits per heavy atom. The van der Waals surface area contributed by atoms with Crippen LogP contribution in [0.5, 0.6) is 0 Å². The van der Waals surface area contributed by atoms with E-state index < -0.39 is 0 Å².